The van der Waals surface area contributed by atoms with Gasteiger partial charge in [0.1, 0.15) is 11.7 Å². The Balaban J connectivity index is 1.91. The number of ether oxygens (including phenoxy) is 2. The van der Waals surface area contributed by atoms with Crippen LogP contribution in [0.4, 0.5) is 0 Å². The highest BCUT2D eigenvalue weighted by Gasteiger charge is 2.30. The summed E-state index contributed by atoms with van der Waals surface area (Å²) in [4.78, 5) is 0. The van der Waals surface area contributed by atoms with Gasteiger partial charge in [0, 0.05) is 7.92 Å². The normalized spacial score (nSPS) is 25.7. The summed E-state index contributed by atoms with van der Waals surface area (Å²) >= 11 is 0. The van der Waals surface area contributed by atoms with Crippen LogP contribution in [0, 0.1) is 0 Å². The van der Waals surface area contributed by atoms with E-state index in [1.54, 1.807) is 12.5 Å². The zero-order valence-corrected chi connectivity index (χ0v) is 11.3. The van der Waals surface area contributed by atoms with E-state index in [9.17, 15) is 0 Å². The third-order valence-electron chi connectivity index (χ3n) is 2.97. The molecule has 0 saturated heterocycles. The lowest BCUT2D eigenvalue weighted by Gasteiger charge is -2.31. The molecule has 1 aromatic rings. The molecule has 0 bridgehead atoms. The molecule has 0 radical (unpaired) electrons. The van der Waals surface area contributed by atoms with Crippen LogP contribution in [-0.2, 0) is 9.47 Å². The van der Waals surface area contributed by atoms with Crippen LogP contribution >= 0.6 is 7.92 Å². The highest BCUT2D eigenvalue weighted by Crippen LogP contribution is 2.49. The summed E-state index contributed by atoms with van der Waals surface area (Å²) in [7, 11) is -0.613. The van der Waals surface area contributed by atoms with Gasteiger partial charge in [-0.3, -0.25) is 0 Å². The maximum absolute atomic E-state index is 5.77. The summed E-state index contributed by atoms with van der Waals surface area (Å²) in [6.45, 7) is 0. The second-order valence-electron chi connectivity index (χ2n) is 4.22. The smallest absolute Gasteiger partial charge is 0.142 e. The fraction of sp³-hybridized carbons (Fsp3) is 0.125. The predicted molar refractivity (Wildman–Crippen MR) is 79.3 cm³/mol. The summed E-state index contributed by atoms with van der Waals surface area (Å²) in [5.74, 6) is 0.118. The van der Waals surface area contributed by atoms with Crippen molar-refractivity contribution in [2.45, 2.75) is 11.7 Å². The largest absolute Gasteiger partial charge is 0.489 e. The molecule has 2 aliphatic heterocycles. The second kappa shape index (κ2) is 5.90. The lowest BCUT2D eigenvalue weighted by Crippen LogP contribution is -2.23. The molecular formula is C16H15O2P. The number of hydrogen-bond acceptors (Lipinski definition) is 2. The quantitative estimate of drug-likeness (QED) is 0.781. The molecule has 3 rings (SSSR count). The average molecular weight is 270 g/mol. The first-order valence-corrected chi connectivity index (χ1v) is 7.74. The van der Waals surface area contributed by atoms with E-state index in [1.165, 1.54) is 5.30 Å². The third kappa shape index (κ3) is 2.80. The minimum Gasteiger partial charge on any atom is -0.489 e. The van der Waals surface area contributed by atoms with E-state index in [0.29, 0.717) is 0 Å². The summed E-state index contributed by atoms with van der Waals surface area (Å²) in [5, 5.41) is 1.28. The fourth-order valence-corrected chi connectivity index (χ4v) is 4.47. The molecule has 2 heterocycles. The maximum atomic E-state index is 5.77. The lowest BCUT2D eigenvalue weighted by atomic mass is 10.4. The van der Waals surface area contributed by atoms with Crippen LogP contribution in [0.3, 0.4) is 0 Å². The summed E-state index contributed by atoms with van der Waals surface area (Å²) in [6.07, 6.45) is 15.6. The van der Waals surface area contributed by atoms with Crippen molar-refractivity contribution in [3.63, 3.8) is 0 Å². The van der Waals surface area contributed by atoms with Gasteiger partial charge in [0.15, 0.2) is 0 Å². The van der Waals surface area contributed by atoms with Crippen molar-refractivity contribution in [3.05, 3.63) is 79.3 Å². The molecule has 0 fully saturated rings. The Labute approximate surface area is 114 Å². The monoisotopic (exact) mass is 270 g/mol. The summed E-state index contributed by atoms with van der Waals surface area (Å²) < 4.78 is 11.5. The summed E-state index contributed by atoms with van der Waals surface area (Å²) in [5.41, 5.74) is 0. The third-order valence-corrected chi connectivity index (χ3v) is 5.55. The van der Waals surface area contributed by atoms with Crippen LogP contribution in [0.5, 0.6) is 0 Å². The van der Waals surface area contributed by atoms with Crippen LogP contribution in [0.1, 0.15) is 0 Å². The molecule has 0 aromatic heterocycles. The molecule has 1 aromatic carbocycles. The van der Waals surface area contributed by atoms with Gasteiger partial charge < -0.3 is 9.47 Å². The predicted octanol–water partition coefficient (Wildman–Crippen LogP) is 3.65. The van der Waals surface area contributed by atoms with Gasteiger partial charge in [-0.05, 0) is 29.6 Å². The van der Waals surface area contributed by atoms with E-state index in [0.717, 1.165) is 0 Å². The first-order valence-electron chi connectivity index (χ1n) is 6.26. The Morgan fingerprint density at radius 2 is 1.32 bits per heavy atom. The van der Waals surface area contributed by atoms with Crippen LogP contribution in [0.2, 0.25) is 0 Å². The van der Waals surface area contributed by atoms with Crippen LogP contribution in [-0.4, -0.2) is 11.7 Å². The highest BCUT2D eigenvalue weighted by atomic mass is 31.1. The van der Waals surface area contributed by atoms with Crippen molar-refractivity contribution in [2.24, 2.45) is 0 Å². The van der Waals surface area contributed by atoms with Crippen molar-refractivity contribution >= 4 is 13.2 Å². The van der Waals surface area contributed by atoms with Crippen molar-refractivity contribution in [1.29, 1.82) is 0 Å². The summed E-state index contributed by atoms with van der Waals surface area (Å²) in [6, 6.07) is 10.5. The standard InChI is InChI=1S/C16H15O2P/c1-2-8-14(9-3-1)19(15-10-4-6-12-17-15)16-11-5-7-13-18-16/h1-13,15-16H. The highest BCUT2D eigenvalue weighted by molar-refractivity contribution is 7.67. The number of hydrogen-bond donors (Lipinski definition) is 0. The zero-order chi connectivity index (χ0) is 12.9. The van der Waals surface area contributed by atoms with Crippen molar-refractivity contribution in [2.75, 3.05) is 0 Å². The topological polar surface area (TPSA) is 18.5 Å². The molecule has 2 nitrogen and oxygen atoms in total. The minimum absolute atomic E-state index is 0.0588. The Morgan fingerprint density at radius 1 is 0.737 bits per heavy atom. The maximum Gasteiger partial charge on any atom is 0.142 e. The Morgan fingerprint density at radius 3 is 1.79 bits per heavy atom. The molecule has 0 spiro atoms. The molecule has 3 heteroatoms. The van der Waals surface area contributed by atoms with Crippen molar-refractivity contribution < 1.29 is 9.47 Å². The van der Waals surface area contributed by atoms with Crippen LogP contribution < -0.4 is 5.30 Å². The van der Waals surface area contributed by atoms with Gasteiger partial charge >= 0.3 is 0 Å². The number of benzene rings is 1. The number of allylic oxidation sites excluding steroid dienone is 4. The molecule has 19 heavy (non-hydrogen) atoms. The molecule has 2 unspecified atom stereocenters. The van der Waals surface area contributed by atoms with E-state index >= 15 is 0 Å². The number of rotatable bonds is 3. The van der Waals surface area contributed by atoms with E-state index in [4.69, 9.17) is 9.47 Å². The minimum atomic E-state index is -0.613. The van der Waals surface area contributed by atoms with Crippen molar-refractivity contribution in [1.82, 2.24) is 0 Å². The lowest BCUT2D eigenvalue weighted by molar-refractivity contribution is 0.226. The van der Waals surface area contributed by atoms with Gasteiger partial charge in [-0.25, -0.2) is 0 Å². The van der Waals surface area contributed by atoms with Gasteiger partial charge in [-0.1, -0.05) is 42.5 Å². The molecule has 0 N–H and O–H groups in total. The van der Waals surface area contributed by atoms with Gasteiger partial charge in [-0.15, -0.1) is 0 Å². The fourth-order valence-electron chi connectivity index (χ4n) is 2.11. The second-order valence-corrected chi connectivity index (χ2v) is 6.57. The molecule has 2 atom stereocenters. The Hall–Kier alpha value is -1.79. The van der Waals surface area contributed by atoms with E-state index in [2.05, 4.69) is 36.4 Å². The van der Waals surface area contributed by atoms with E-state index in [1.807, 2.05) is 30.4 Å². The van der Waals surface area contributed by atoms with Crippen LogP contribution in [0.15, 0.2) is 79.3 Å². The molecular weight excluding hydrogens is 255 g/mol. The Kier molecular flexibility index (Phi) is 3.81. The SMILES string of the molecule is C1=COC(P(c2ccccc2)C2C=CC=CO2)C=C1. The van der Waals surface area contributed by atoms with E-state index < -0.39 is 7.92 Å². The zero-order valence-electron chi connectivity index (χ0n) is 10.4. The van der Waals surface area contributed by atoms with Gasteiger partial charge in [0.2, 0.25) is 0 Å². The average Bonchev–Trinajstić information content (AvgIpc) is 2.51. The first-order chi connectivity index (χ1) is 9.45. The molecule has 0 saturated carbocycles. The van der Waals surface area contributed by atoms with Gasteiger partial charge in [-0.2, -0.15) is 0 Å². The molecule has 2 aliphatic rings. The van der Waals surface area contributed by atoms with E-state index in [-0.39, 0.29) is 11.7 Å². The molecule has 0 aliphatic carbocycles. The van der Waals surface area contributed by atoms with Gasteiger partial charge in [0.05, 0.1) is 12.5 Å². The van der Waals surface area contributed by atoms with Gasteiger partial charge in [0.25, 0.3) is 0 Å². The van der Waals surface area contributed by atoms with Crippen LogP contribution in [0.25, 0.3) is 0 Å². The molecule has 96 valence electrons. The Bertz CT molecular complexity index is 501. The molecule has 0 amide bonds. The van der Waals surface area contributed by atoms with Crippen molar-refractivity contribution in [3.8, 4) is 0 Å². The first kappa shape index (κ1) is 12.3.